The standard InChI is InChI=1S/C13H20N2O2/c1-9-5-6-10(14)11(7-9)15-12(16)8-17-13(2,3)4/h5-7H,8,14H2,1-4H3,(H,15,16). The zero-order valence-electron chi connectivity index (χ0n) is 10.8. The molecule has 3 N–H and O–H groups in total. The summed E-state index contributed by atoms with van der Waals surface area (Å²) in [6.07, 6.45) is 0. The van der Waals surface area contributed by atoms with Crippen molar-refractivity contribution in [2.45, 2.75) is 33.3 Å². The van der Waals surface area contributed by atoms with Crippen LogP contribution in [-0.4, -0.2) is 18.1 Å². The fraction of sp³-hybridized carbons (Fsp3) is 0.462. The molecule has 0 aliphatic carbocycles. The number of amides is 1. The number of hydrogen-bond donors (Lipinski definition) is 2. The highest BCUT2D eigenvalue weighted by atomic mass is 16.5. The fourth-order valence-electron chi connectivity index (χ4n) is 1.25. The monoisotopic (exact) mass is 236 g/mol. The number of hydrogen-bond acceptors (Lipinski definition) is 3. The van der Waals surface area contributed by atoms with Crippen LogP contribution in [-0.2, 0) is 9.53 Å². The summed E-state index contributed by atoms with van der Waals surface area (Å²) in [5.74, 6) is -0.197. The third-order valence-corrected chi connectivity index (χ3v) is 2.12. The van der Waals surface area contributed by atoms with E-state index in [9.17, 15) is 4.79 Å². The van der Waals surface area contributed by atoms with Gasteiger partial charge in [-0.1, -0.05) is 6.07 Å². The number of rotatable bonds is 3. The molecule has 1 amide bonds. The SMILES string of the molecule is Cc1ccc(N)c(NC(=O)COC(C)(C)C)c1. The number of carbonyl (C=O) groups excluding carboxylic acids is 1. The Balaban J connectivity index is 2.59. The Kier molecular flexibility index (Phi) is 4.12. The minimum Gasteiger partial charge on any atom is -0.397 e. The molecule has 0 aromatic heterocycles. The quantitative estimate of drug-likeness (QED) is 0.792. The van der Waals surface area contributed by atoms with Crippen molar-refractivity contribution in [3.63, 3.8) is 0 Å². The van der Waals surface area contributed by atoms with Gasteiger partial charge in [0.05, 0.1) is 17.0 Å². The minimum absolute atomic E-state index is 0.0247. The third-order valence-electron chi connectivity index (χ3n) is 2.12. The van der Waals surface area contributed by atoms with Crippen LogP contribution in [0.3, 0.4) is 0 Å². The van der Waals surface area contributed by atoms with E-state index in [1.807, 2.05) is 39.8 Å². The smallest absolute Gasteiger partial charge is 0.250 e. The van der Waals surface area contributed by atoms with Gasteiger partial charge in [0.1, 0.15) is 6.61 Å². The van der Waals surface area contributed by atoms with Crippen LogP contribution >= 0.6 is 0 Å². The first-order valence-electron chi connectivity index (χ1n) is 5.58. The van der Waals surface area contributed by atoms with E-state index < -0.39 is 0 Å². The summed E-state index contributed by atoms with van der Waals surface area (Å²) < 4.78 is 5.38. The first-order valence-corrected chi connectivity index (χ1v) is 5.58. The lowest BCUT2D eigenvalue weighted by molar-refractivity contribution is -0.125. The second-order valence-corrected chi connectivity index (χ2v) is 5.04. The molecule has 0 heterocycles. The van der Waals surface area contributed by atoms with Gasteiger partial charge in [-0.3, -0.25) is 4.79 Å². The fourth-order valence-corrected chi connectivity index (χ4v) is 1.25. The first kappa shape index (κ1) is 13.5. The molecule has 0 radical (unpaired) electrons. The predicted molar refractivity (Wildman–Crippen MR) is 69.9 cm³/mol. The van der Waals surface area contributed by atoms with Gasteiger partial charge in [-0.15, -0.1) is 0 Å². The molecule has 1 aromatic rings. The van der Waals surface area contributed by atoms with Crippen molar-refractivity contribution in [3.8, 4) is 0 Å². The predicted octanol–water partition coefficient (Wildman–Crippen LogP) is 2.33. The molecule has 0 aliphatic heterocycles. The summed E-state index contributed by atoms with van der Waals surface area (Å²) in [6.45, 7) is 7.68. The molecule has 0 saturated heterocycles. The summed E-state index contributed by atoms with van der Waals surface area (Å²) in [6, 6.07) is 5.51. The summed E-state index contributed by atoms with van der Waals surface area (Å²) >= 11 is 0. The van der Waals surface area contributed by atoms with Crippen LogP contribution in [0.1, 0.15) is 26.3 Å². The van der Waals surface area contributed by atoms with Crippen LogP contribution < -0.4 is 11.1 Å². The first-order chi connectivity index (χ1) is 7.78. The zero-order valence-corrected chi connectivity index (χ0v) is 10.8. The van der Waals surface area contributed by atoms with Crippen LogP contribution in [0.15, 0.2) is 18.2 Å². The van der Waals surface area contributed by atoms with E-state index >= 15 is 0 Å². The minimum atomic E-state index is -0.324. The molecule has 1 rings (SSSR count). The number of nitrogens with one attached hydrogen (secondary N) is 1. The lowest BCUT2D eigenvalue weighted by atomic mass is 10.2. The van der Waals surface area contributed by atoms with E-state index in [1.54, 1.807) is 6.07 Å². The van der Waals surface area contributed by atoms with Crippen LogP contribution in [0.25, 0.3) is 0 Å². The van der Waals surface area contributed by atoms with Crippen LogP contribution in [0, 0.1) is 6.92 Å². The van der Waals surface area contributed by atoms with Gasteiger partial charge in [0.15, 0.2) is 0 Å². The van der Waals surface area contributed by atoms with Crippen molar-refractivity contribution in [2.24, 2.45) is 0 Å². The summed E-state index contributed by atoms with van der Waals surface area (Å²) in [7, 11) is 0. The number of benzene rings is 1. The van der Waals surface area contributed by atoms with Gasteiger partial charge >= 0.3 is 0 Å². The maximum Gasteiger partial charge on any atom is 0.250 e. The lowest BCUT2D eigenvalue weighted by Crippen LogP contribution is -2.27. The molecule has 94 valence electrons. The van der Waals surface area contributed by atoms with Crippen LogP contribution in [0.2, 0.25) is 0 Å². The van der Waals surface area contributed by atoms with Crippen molar-refractivity contribution in [1.82, 2.24) is 0 Å². The maximum absolute atomic E-state index is 11.6. The van der Waals surface area contributed by atoms with Gasteiger partial charge in [-0.25, -0.2) is 0 Å². The average molecular weight is 236 g/mol. The molecule has 0 fully saturated rings. The molecular formula is C13H20N2O2. The van der Waals surface area contributed by atoms with Gasteiger partial charge in [0.2, 0.25) is 5.91 Å². The number of aryl methyl sites for hydroxylation is 1. The lowest BCUT2D eigenvalue weighted by Gasteiger charge is -2.19. The second kappa shape index (κ2) is 5.19. The Labute approximate surface area is 102 Å². The Hall–Kier alpha value is -1.55. The Bertz CT molecular complexity index is 408. The highest BCUT2D eigenvalue weighted by Gasteiger charge is 2.13. The highest BCUT2D eigenvalue weighted by molar-refractivity contribution is 5.94. The van der Waals surface area contributed by atoms with E-state index in [1.165, 1.54) is 0 Å². The Morgan fingerprint density at radius 3 is 2.65 bits per heavy atom. The normalized spacial score (nSPS) is 11.3. The van der Waals surface area contributed by atoms with E-state index in [-0.39, 0.29) is 18.1 Å². The van der Waals surface area contributed by atoms with Gasteiger partial charge in [-0.2, -0.15) is 0 Å². The molecule has 0 aliphatic rings. The molecule has 0 unspecified atom stereocenters. The van der Waals surface area contributed by atoms with Crippen LogP contribution in [0.4, 0.5) is 11.4 Å². The van der Waals surface area contributed by atoms with Crippen molar-refractivity contribution < 1.29 is 9.53 Å². The van der Waals surface area contributed by atoms with Crippen molar-refractivity contribution in [1.29, 1.82) is 0 Å². The molecule has 4 heteroatoms. The van der Waals surface area contributed by atoms with E-state index in [4.69, 9.17) is 10.5 Å². The molecule has 0 bridgehead atoms. The van der Waals surface area contributed by atoms with Gasteiger partial charge in [-0.05, 0) is 45.4 Å². The van der Waals surface area contributed by atoms with Crippen molar-refractivity contribution in [2.75, 3.05) is 17.7 Å². The Morgan fingerprint density at radius 1 is 1.41 bits per heavy atom. The number of anilines is 2. The molecule has 0 spiro atoms. The second-order valence-electron chi connectivity index (χ2n) is 5.04. The summed E-state index contributed by atoms with van der Waals surface area (Å²) in [5, 5.41) is 2.73. The van der Waals surface area contributed by atoms with Gasteiger partial charge in [0.25, 0.3) is 0 Å². The molecule has 1 aromatic carbocycles. The largest absolute Gasteiger partial charge is 0.397 e. The van der Waals surface area contributed by atoms with E-state index in [2.05, 4.69) is 5.32 Å². The summed E-state index contributed by atoms with van der Waals surface area (Å²) in [5.41, 5.74) is 7.67. The maximum atomic E-state index is 11.6. The number of nitrogens with two attached hydrogens (primary N) is 1. The molecule has 0 atom stereocenters. The molecular weight excluding hydrogens is 216 g/mol. The van der Waals surface area contributed by atoms with Crippen molar-refractivity contribution >= 4 is 17.3 Å². The number of nitrogen functional groups attached to an aromatic ring is 1. The highest BCUT2D eigenvalue weighted by Crippen LogP contribution is 2.19. The number of ether oxygens (including phenoxy) is 1. The van der Waals surface area contributed by atoms with E-state index in [0.29, 0.717) is 11.4 Å². The summed E-state index contributed by atoms with van der Waals surface area (Å²) in [4.78, 5) is 11.6. The molecule has 4 nitrogen and oxygen atoms in total. The molecule has 0 saturated carbocycles. The van der Waals surface area contributed by atoms with Gasteiger partial charge in [0, 0.05) is 0 Å². The third kappa shape index (κ3) is 4.87. The van der Waals surface area contributed by atoms with E-state index in [0.717, 1.165) is 5.56 Å². The van der Waals surface area contributed by atoms with Crippen LogP contribution in [0.5, 0.6) is 0 Å². The molecule has 17 heavy (non-hydrogen) atoms. The van der Waals surface area contributed by atoms with Crippen molar-refractivity contribution in [3.05, 3.63) is 23.8 Å². The Morgan fingerprint density at radius 2 is 2.06 bits per heavy atom. The van der Waals surface area contributed by atoms with Gasteiger partial charge < -0.3 is 15.8 Å². The topological polar surface area (TPSA) is 64.3 Å². The zero-order chi connectivity index (χ0) is 13.1. The average Bonchev–Trinajstić information content (AvgIpc) is 2.20. The number of carbonyl (C=O) groups is 1.